The molecule has 0 heterocycles. The number of nitrogens with zero attached hydrogens (tertiary/aromatic N) is 3. The number of nitrogens with one attached hydrogen (secondary N) is 1. The van der Waals surface area contributed by atoms with Crippen molar-refractivity contribution in [2.75, 3.05) is 31.3 Å². The number of carbonyl (C=O) groups excluding carboxylic acids is 1. The van der Waals surface area contributed by atoms with Gasteiger partial charge in [0.2, 0.25) is 10.0 Å². The average Bonchev–Trinajstić information content (AvgIpc) is 2.76. The smallest absolute Gasteiger partial charge is 0.271 e. The lowest BCUT2D eigenvalue weighted by molar-refractivity contribution is -0.384. The van der Waals surface area contributed by atoms with Crippen LogP contribution >= 0.6 is 0 Å². The number of rotatable bonds is 10. The Morgan fingerprint density at radius 2 is 1.84 bits per heavy atom. The van der Waals surface area contributed by atoms with Gasteiger partial charge in [-0.1, -0.05) is 13.0 Å². The number of carbonyl (C=O) groups is 1. The minimum atomic E-state index is -3.90. The van der Waals surface area contributed by atoms with Gasteiger partial charge in [0, 0.05) is 17.7 Å². The van der Waals surface area contributed by atoms with Crippen molar-refractivity contribution in [1.82, 2.24) is 5.43 Å². The molecule has 2 aromatic rings. The van der Waals surface area contributed by atoms with Gasteiger partial charge in [-0.3, -0.25) is 19.2 Å². The fourth-order valence-electron chi connectivity index (χ4n) is 2.82. The van der Waals surface area contributed by atoms with Crippen molar-refractivity contribution >= 4 is 33.0 Å². The van der Waals surface area contributed by atoms with Gasteiger partial charge in [-0.2, -0.15) is 5.10 Å². The summed E-state index contributed by atoms with van der Waals surface area (Å²) in [5, 5.41) is 15.1. The Bertz CT molecular complexity index is 1130. The van der Waals surface area contributed by atoms with Gasteiger partial charge in [0.25, 0.3) is 11.6 Å². The van der Waals surface area contributed by atoms with Crippen LogP contribution in [0.3, 0.4) is 0 Å². The topological polar surface area (TPSA) is 140 Å². The van der Waals surface area contributed by atoms with Crippen molar-refractivity contribution in [3.8, 4) is 11.5 Å². The molecule has 1 amide bonds. The first-order valence-electron chi connectivity index (χ1n) is 9.40. The van der Waals surface area contributed by atoms with Gasteiger partial charge < -0.3 is 9.47 Å². The van der Waals surface area contributed by atoms with E-state index in [1.54, 1.807) is 18.2 Å². The molecule has 2 rings (SSSR count). The first-order chi connectivity index (χ1) is 15.1. The molecule has 0 bridgehead atoms. The molecule has 32 heavy (non-hydrogen) atoms. The number of ether oxygens (including phenoxy) is 2. The molecule has 11 nitrogen and oxygen atoms in total. The second kappa shape index (κ2) is 10.6. The zero-order valence-electron chi connectivity index (χ0n) is 18.1. The van der Waals surface area contributed by atoms with Gasteiger partial charge in [-0.15, -0.1) is 0 Å². The molecule has 0 aromatic heterocycles. The minimum absolute atomic E-state index is 0.00330. The Balaban J connectivity index is 2.25. The normalized spacial score (nSPS) is 11.6. The lowest BCUT2D eigenvalue weighted by atomic mass is 10.1. The lowest BCUT2D eigenvalue weighted by Gasteiger charge is -2.21. The number of benzene rings is 2. The minimum Gasteiger partial charge on any atom is -0.493 e. The molecule has 0 spiro atoms. The van der Waals surface area contributed by atoms with E-state index in [0.717, 1.165) is 16.6 Å². The van der Waals surface area contributed by atoms with Gasteiger partial charge in [-0.25, -0.2) is 13.8 Å². The van der Waals surface area contributed by atoms with Crippen LogP contribution in [0.25, 0.3) is 0 Å². The third kappa shape index (κ3) is 6.17. The molecule has 0 aliphatic rings. The van der Waals surface area contributed by atoms with Gasteiger partial charge >= 0.3 is 0 Å². The number of nitro benzene ring substituents is 1. The number of hydrazone groups is 1. The van der Waals surface area contributed by atoms with E-state index in [1.807, 2.05) is 6.92 Å². The molecule has 0 atom stereocenters. The average molecular weight is 465 g/mol. The summed E-state index contributed by atoms with van der Waals surface area (Å²) in [5.41, 5.74) is 3.26. The molecule has 0 unspecified atom stereocenters. The Morgan fingerprint density at radius 1 is 1.16 bits per heavy atom. The molecule has 0 aliphatic carbocycles. The van der Waals surface area contributed by atoms with E-state index < -0.39 is 27.4 Å². The quantitative estimate of drug-likeness (QED) is 0.323. The van der Waals surface area contributed by atoms with E-state index in [1.165, 1.54) is 32.4 Å². The summed E-state index contributed by atoms with van der Waals surface area (Å²) in [5.74, 6) is 0.316. The highest BCUT2D eigenvalue weighted by atomic mass is 32.2. The summed E-state index contributed by atoms with van der Waals surface area (Å²) in [6, 6.07) is 10.2. The Kier molecular flexibility index (Phi) is 8.13. The van der Waals surface area contributed by atoms with E-state index in [-0.39, 0.29) is 11.4 Å². The number of amides is 1. The Hall–Kier alpha value is -3.67. The summed E-state index contributed by atoms with van der Waals surface area (Å²) >= 11 is 0. The van der Waals surface area contributed by atoms with Gasteiger partial charge in [0.1, 0.15) is 6.54 Å². The summed E-state index contributed by atoms with van der Waals surface area (Å²) in [4.78, 5) is 22.8. The molecule has 172 valence electrons. The fraction of sp³-hybridized carbons (Fsp3) is 0.300. The van der Waals surface area contributed by atoms with Crippen LogP contribution < -0.4 is 19.2 Å². The number of hydrogen-bond donors (Lipinski definition) is 1. The third-order valence-electron chi connectivity index (χ3n) is 4.38. The van der Waals surface area contributed by atoms with Gasteiger partial charge in [-0.05, 0) is 30.7 Å². The predicted molar refractivity (Wildman–Crippen MR) is 120 cm³/mol. The summed E-state index contributed by atoms with van der Waals surface area (Å²) < 4.78 is 35.7. The number of hydrogen-bond acceptors (Lipinski definition) is 8. The first-order valence-corrected chi connectivity index (χ1v) is 11.3. The number of sulfonamides is 1. The lowest BCUT2D eigenvalue weighted by Crippen LogP contribution is -2.39. The van der Waals surface area contributed by atoms with Crippen LogP contribution in [-0.2, 0) is 14.8 Å². The predicted octanol–water partition coefficient (Wildman–Crippen LogP) is 2.31. The van der Waals surface area contributed by atoms with Crippen LogP contribution in [0.5, 0.6) is 11.5 Å². The highest BCUT2D eigenvalue weighted by Gasteiger charge is 2.22. The van der Waals surface area contributed by atoms with Crippen LogP contribution in [0.15, 0.2) is 47.6 Å². The molecule has 2 aromatic carbocycles. The maximum atomic E-state index is 12.5. The van der Waals surface area contributed by atoms with Crippen LogP contribution in [0, 0.1) is 10.1 Å². The van der Waals surface area contributed by atoms with E-state index >= 15 is 0 Å². The molecule has 0 radical (unpaired) electrons. The maximum absolute atomic E-state index is 12.5. The third-order valence-corrected chi connectivity index (χ3v) is 5.52. The molecule has 0 fully saturated rings. The molecule has 0 saturated carbocycles. The van der Waals surface area contributed by atoms with Crippen LogP contribution in [0.4, 0.5) is 11.4 Å². The largest absolute Gasteiger partial charge is 0.493 e. The van der Waals surface area contributed by atoms with Crippen LogP contribution in [0.2, 0.25) is 0 Å². The van der Waals surface area contributed by atoms with Crippen LogP contribution in [0.1, 0.15) is 18.9 Å². The zero-order chi connectivity index (χ0) is 23.9. The second-order valence-electron chi connectivity index (χ2n) is 6.56. The van der Waals surface area contributed by atoms with Crippen molar-refractivity contribution in [2.45, 2.75) is 13.3 Å². The zero-order valence-corrected chi connectivity index (χ0v) is 18.9. The first kappa shape index (κ1) is 24.6. The monoisotopic (exact) mass is 464 g/mol. The molecule has 0 aliphatic heterocycles. The van der Waals surface area contributed by atoms with E-state index in [4.69, 9.17) is 9.47 Å². The van der Waals surface area contributed by atoms with Gasteiger partial charge in [0.05, 0.1) is 36.8 Å². The van der Waals surface area contributed by atoms with Crippen LogP contribution in [-0.4, -0.2) is 52.0 Å². The van der Waals surface area contributed by atoms with Gasteiger partial charge in [0.15, 0.2) is 11.5 Å². The highest BCUT2D eigenvalue weighted by Crippen LogP contribution is 2.28. The molecular weight excluding hydrogens is 440 g/mol. The number of nitro groups is 1. The van der Waals surface area contributed by atoms with Crippen molar-refractivity contribution in [1.29, 1.82) is 0 Å². The Labute approximate surface area is 185 Å². The fourth-order valence-corrected chi connectivity index (χ4v) is 3.67. The summed E-state index contributed by atoms with van der Waals surface area (Å²) in [6.07, 6.45) is 1.37. The highest BCUT2D eigenvalue weighted by molar-refractivity contribution is 7.92. The maximum Gasteiger partial charge on any atom is 0.271 e. The van der Waals surface area contributed by atoms with Crippen molar-refractivity contribution in [3.63, 3.8) is 0 Å². The number of anilines is 1. The summed E-state index contributed by atoms with van der Waals surface area (Å²) in [7, 11) is -0.882. The van der Waals surface area contributed by atoms with E-state index in [9.17, 15) is 23.3 Å². The standard InChI is InChI=1S/C20H24N4O7S/c1-5-17(14-9-10-18(30-2)19(11-14)31-3)21-22-20(25)13-23(32(4,28)29)15-7-6-8-16(12-15)24(26)27/h6-12H,5,13H2,1-4H3,(H,22,25)/b21-17-. The van der Waals surface area contributed by atoms with E-state index in [2.05, 4.69) is 10.5 Å². The number of non-ortho nitro benzene ring substituents is 1. The second-order valence-corrected chi connectivity index (χ2v) is 8.47. The molecule has 0 saturated heterocycles. The number of methoxy groups -OCH3 is 2. The van der Waals surface area contributed by atoms with Crippen molar-refractivity contribution < 1.29 is 27.6 Å². The van der Waals surface area contributed by atoms with Crippen molar-refractivity contribution in [3.05, 3.63) is 58.1 Å². The van der Waals surface area contributed by atoms with E-state index in [0.29, 0.717) is 29.2 Å². The molecular formula is C20H24N4O7S. The summed E-state index contributed by atoms with van der Waals surface area (Å²) in [6.45, 7) is 1.24. The molecule has 1 N–H and O–H groups in total. The SMILES string of the molecule is CC/C(=N/NC(=O)CN(c1cccc([N+](=O)[O-])c1)S(C)(=O)=O)c1ccc(OC)c(OC)c1. The Morgan fingerprint density at radius 3 is 2.41 bits per heavy atom. The molecule has 12 heteroatoms. The van der Waals surface area contributed by atoms with Crippen molar-refractivity contribution in [2.24, 2.45) is 5.10 Å².